The molecule has 0 atom stereocenters. The third-order valence-corrected chi connectivity index (χ3v) is 7.67. The number of nitrogens with zero attached hydrogens (tertiary/aromatic N) is 3. The molecule has 1 aliphatic rings. The monoisotopic (exact) mass is 522 g/mol. The standard InChI is InChI=1S/C25H22N4O5S2/c1-14-13-35-23(26-14)28-24(30)29-11-3-4-15-5-6-17(12-19(15)29)22-27-21(34-25(31)32)20(36-22)16-7-9-18(33-2)10-8-16/h5-10,12-13H,3-4,11H2,1-2H3,(H,31,32)(H,26,28,30). The third kappa shape index (κ3) is 4.88. The van der Waals surface area contributed by atoms with E-state index in [0.29, 0.717) is 27.3 Å². The zero-order valence-corrected chi connectivity index (χ0v) is 21.1. The minimum Gasteiger partial charge on any atom is -0.497 e. The Morgan fingerprint density at radius 2 is 1.89 bits per heavy atom. The van der Waals surface area contributed by atoms with Crippen LogP contribution in [0.4, 0.5) is 20.4 Å². The van der Waals surface area contributed by atoms with Crippen molar-refractivity contribution in [1.29, 1.82) is 0 Å². The molecule has 2 amide bonds. The van der Waals surface area contributed by atoms with Crippen LogP contribution in [0.5, 0.6) is 11.6 Å². The van der Waals surface area contributed by atoms with Crippen LogP contribution in [0.25, 0.3) is 21.0 Å². The molecule has 0 spiro atoms. The van der Waals surface area contributed by atoms with Crippen LogP contribution in [0.1, 0.15) is 17.7 Å². The number of ether oxygens (including phenoxy) is 2. The number of methoxy groups -OCH3 is 1. The topological polar surface area (TPSA) is 114 Å². The first-order valence-corrected chi connectivity index (χ1v) is 12.8. The van der Waals surface area contributed by atoms with Gasteiger partial charge in [0.1, 0.15) is 10.8 Å². The van der Waals surface area contributed by atoms with Crippen molar-refractivity contribution in [1.82, 2.24) is 9.97 Å². The van der Waals surface area contributed by atoms with Gasteiger partial charge in [-0.3, -0.25) is 10.2 Å². The number of carbonyl (C=O) groups is 2. The van der Waals surface area contributed by atoms with Gasteiger partial charge in [0, 0.05) is 23.2 Å². The summed E-state index contributed by atoms with van der Waals surface area (Å²) in [6.07, 6.45) is 0.275. The predicted octanol–water partition coefficient (Wildman–Crippen LogP) is 6.29. The Morgan fingerprint density at radius 3 is 2.58 bits per heavy atom. The van der Waals surface area contributed by atoms with Gasteiger partial charge in [-0.1, -0.05) is 12.1 Å². The van der Waals surface area contributed by atoms with Gasteiger partial charge in [-0.15, -0.1) is 22.7 Å². The van der Waals surface area contributed by atoms with Crippen molar-refractivity contribution in [3.63, 3.8) is 0 Å². The van der Waals surface area contributed by atoms with E-state index in [-0.39, 0.29) is 11.9 Å². The molecule has 0 saturated heterocycles. The van der Waals surface area contributed by atoms with Crippen LogP contribution in [0.15, 0.2) is 47.8 Å². The molecular formula is C25H22N4O5S2. The number of fused-ring (bicyclic) bond motifs is 1. The number of aryl methyl sites for hydroxylation is 2. The number of aromatic nitrogens is 2. The lowest BCUT2D eigenvalue weighted by Crippen LogP contribution is -2.38. The third-order valence-electron chi connectivity index (χ3n) is 5.66. The summed E-state index contributed by atoms with van der Waals surface area (Å²) in [7, 11) is 1.58. The Labute approximate surface area is 215 Å². The summed E-state index contributed by atoms with van der Waals surface area (Å²) in [5.74, 6) is 0.698. The molecule has 0 unspecified atom stereocenters. The van der Waals surface area contributed by atoms with E-state index < -0.39 is 6.16 Å². The van der Waals surface area contributed by atoms with Crippen LogP contribution in [-0.4, -0.2) is 40.9 Å². The van der Waals surface area contributed by atoms with E-state index in [1.54, 1.807) is 24.1 Å². The molecule has 3 heterocycles. The Balaban J connectivity index is 1.49. The average Bonchev–Trinajstić information content (AvgIpc) is 3.48. The molecule has 0 radical (unpaired) electrons. The van der Waals surface area contributed by atoms with Crippen LogP contribution in [0.2, 0.25) is 0 Å². The van der Waals surface area contributed by atoms with E-state index >= 15 is 0 Å². The Hall–Kier alpha value is -3.96. The summed E-state index contributed by atoms with van der Waals surface area (Å²) < 4.78 is 10.2. The van der Waals surface area contributed by atoms with E-state index in [4.69, 9.17) is 9.47 Å². The number of hydrogen-bond donors (Lipinski definition) is 2. The van der Waals surface area contributed by atoms with Gasteiger partial charge in [-0.2, -0.15) is 0 Å². The summed E-state index contributed by atoms with van der Waals surface area (Å²) >= 11 is 2.70. The molecule has 36 heavy (non-hydrogen) atoms. The molecule has 11 heteroatoms. The quantitative estimate of drug-likeness (QED) is 0.296. The van der Waals surface area contributed by atoms with Crippen LogP contribution in [-0.2, 0) is 6.42 Å². The number of nitrogens with one attached hydrogen (secondary N) is 1. The fourth-order valence-corrected chi connectivity index (χ4v) is 5.67. The molecule has 2 N–H and O–H groups in total. The van der Waals surface area contributed by atoms with E-state index in [1.165, 1.54) is 22.7 Å². The maximum atomic E-state index is 13.1. The highest BCUT2D eigenvalue weighted by Crippen LogP contribution is 2.42. The maximum Gasteiger partial charge on any atom is 0.512 e. The second kappa shape index (κ2) is 9.96. The van der Waals surface area contributed by atoms with Gasteiger partial charge in [0.05, 0.1) is 17.7 Å². The smallest absolute Gasteiger partial charge is 0.497 e. The SMILES string of the molecule is COc1ccc(-c2sc(-c3ccc4c(c3)N(C(=O)Nc3nc(C)cs3)CCC4)nc2OC(=O)O)cc1. The highest BCUT2D eigenvalue weighted by Gasteiger charge is 2.25. The predicted molar refractivity (Wildman–Crippen MR) is 140 cm³/mol. The average molecular weight is 523 g/mol. The number of urea groups is 1. The van der Waals surface area contributed by atoms with Crippen LogP contribution in [0, 0.1) is 6.92 Å². The summed E-state index contributed by atoms with van der Waals surface area (Å²) in [6, 6.07) is 12.8. The van der Waals surface area contributed by atoms with Gasteiger partial charge in [-0.25, -0.2) is 19.6 Å². The second-order valence-electron chi connectivity index (χ2n) is 8.07. The van der Waals surface area contributed by atoms with E-state index in [2.05, 4.69) is 15.3 Å². The maximum absolute atomic E-state index is 13.1. The highest BCUT2D eigenvalue weighted by molar-refractivity contribution is 7.18. The number of benzene rings is 2. The Bertz CT molecular complexity index is 1430. The lowest BCUT2D eigenvalue weighted by molar-refractivity contribution is 0.143. The molecule has 0 aliphatic carbocycles. The van der Waals surface area contributed by atoms with Crippen LogP contribution < -0.4 is 19.7 Å². The lowest BCUT2D eigenvalue weighted by atomic mass is 10.00. The van der Waals surface area contributed by atoms with Crippen molar-refractivity contribution in [2.75, 3.05) is 23.9 Å². The Morgan fingerprint density at radius 1 is 1.11 bits per heavy atom. The molecule has 9 nitrogen and oxygen atoms in total. The van der Waals surface area contributed by atoms with Gasteiger partial charge in [0.15, 0.2) is 5.13 Å². The normalized spacial score (nSPS) is 12.7. The largest absolute Gasteiger partial charge is 0.512 e. The molecular weight excluding hydrogens is 500 g/mol. The van der Waals surface area contributed by atoms with Crippen molar-refractivity contribution in [2.45, 2.75) is 19.8 Å². The number of thiazole rings is 2. The number of carboxylic acid groups (broad SMARTS) is 1. The molecule has 4 aromatic rings. The van der Waals surface area contributed by atoms with Crippen LogP contribution in [0.3, 0.4) is 0 Å². The fourth-order valence-electron chi connectivity index (χ4n) is 4.00. The zero-order valence-electron chi connectivity index (χ0n) is 19.5. The summed E-state index contributed by atoms with van der Waals surface area (Å²) in [5.41, 5.74) is 4.23. The first-order chi connectivity index (χ1) is 17.4. The van der Waals surface area contributed by atoms with E-state index in [9.17, 15) is 14.7 Å². The first kappa shape index (κ1) is 23.8. The highest BCUT2D eigenvalue weighted by atomic mass is 32.1. The number of hydrogen-bond acceptors (Lipinski definition) is 8. The van der Waals surface area contributed by atoms with E-state index in [0.717, 1.165) is 40.9 Å². The molecule has 2 aromatic heterocycles. The van der Waals surface area contributed by atoms with Gasteiger partial charge < -0.3 is 14.6 Å². The second-order valence-corrected chi connectivity index (χ2v) is 9.93. The zero-order chi connectivity index (χ0) is 25.2. The Kier molecular flexibility index (Phi) is 6.57. The molecule has 1 aliphatic heterocycles. The minimum absolute atomic E-state index is 0.0131. The first-order valence-electron chi connectivity index (χ1n) is 11.1. The molecule has 0 saturated carbocycles. The molecule has 184 valence electrons. The summed E-state index contributed by atoms with van der Waals surface area (Å²) in [5, 5.41) is 15.2. The fraction of sp³-hybridized carbons (Fsp3) is 0.200. The summed E-state index contributed by atoms with van der Waals surface area (Å²) in [6.45, 7) is 2.46. The number of carbonyl (C=O) groups excluding carboxylic acids is 1. The van der Waals surface area contributed by atoms with E-state index in [1.807, 2.05) is 42.6 Å². The van der Waals surface area contributed by atoms with Crippen molar-refractivity contribution in [2.24, 2.45) is 0 Å². The molecule has 0 bridgehead atoms. The van der Waals surface area contributed by atoms with Gasteiger partial charge in [-0.05, 0) is 61.2 Å². The van der Waals surface area contributed by atoms with Crippen molar-refractivity contribution >= 4 is 45.7 Å². The van der Waals surface area contributed by atoms with Gasteiger partial charge in [0.25, 0.3) is 0 Å². The van der Waals surface area contributed by atoms with Gasteiger partial charge in [0.2, 0.25) is 5.88 Å². The number of anilines is 2. The number of rotatable bonds is 5. The molecule has 2 aromatic carbocycles. The number of amides is 2. The summed E-state index contributed by atoms with van der Waals surface area (Å²) in [4.78, 5) is 35.5. The molecule has 0 fully saturated rings. The van der Waals surface area contributed by atoms with Crippen molar-refractivity contribution < 1.29 is 24.2 Å². The van der Waals surface area contributed by atoms with Crippen molar-refractivity contribution in [3.05, 3.63) is 59.1 Å². The lowest BCUT2D eigenvalue weighted by Gasteiger charge is -2.29. The van der Waals surface area contributed by atoms with Crippen molar-refractivity contribution in [3.8, 4) is 32.6 Å². The van der Waals surface area contributed by atoms with Crippen LogP contribution >= 0.6 is 22.7 Å². The van der Waals surface area contributed by atoms with Gasteiger partial charge >= 0.3 is 12.2 Å². The molecule has 5 rings (SSSR count). The minimum atomic E-state index is -1.44.